The van der Waals surface area contributed by atoms with E-state index in [2.05, 4.69) is 21.2 Å². The number of ether oxygens (including phenoxy) is 2. The first-order valence-electron chi connectivity index (χ1n) is 6.00. The number of hydrogen-bond donors (Lipinski definition) is 1. The van der Waals surface area contributed by atoms with Crippen molar-refractivity contribution in [3.8, 4) is 11.5 Å². The Balaban J connectivity index is 2.08. The van der Waals surface area contributed by atoms with Gasteiger partial charge in [0.1, 0.15) is 0 Å². The normalized spacial score (nSPS) is 20.1. The first kappa shape index (κ1) is 15.3. The fourth-order valence-corrected chi connectivity index (χ4v) is 3.71. The van der Waals surface area contributed by atoms with Crippen LogP contribution in [0.2, 0.25) is 0 Å². The first-order chi connectivity index (χ1) is 9.45. The Bertz CT molecular complexity index is 628. The van der Waals surface area contributed by atoms with Crippen LogP contribution >= 0.6 is 15.9 Å². The van der Waals surface area contributed by atoms with Crippen LogP contribution in [0.15, 0.2) is 28.1 Å². The second-order valence-corrected chi connectivity index (χ2v) is 7.23. The molecule has 0 fully saturated rings. The van der Waals surface area contributed by atoms with Gasteiger partial charge in [0.15, 0.2) is 21.3 Å². The molecule has 2 rings (SSSR count). The number of sulfone groups is 1. The van der Waals surface area contributed by atoms with E-state index in [4.69, 9.17) is 9.47 Å². The third kappa shape index (κ3) is 3.53. The van der Waals surface area contributed by atoms with E-state index in [9.17, 15) is 8.42 Å². The molecule has 0 bridgehead atoms. The Morgan fingerprint density at radius 3 is 2.50 bits per heavy atom. The lowest BCUT2D eigenvalue weighted by Crippen LogP contribution is -2.29. The zero-order valence-corrected chi connectivity index (χ0v) is 13.6. The summed E-state index contributed by atoms with van der Waals surface area (Å²) in [7, 11) is 0.125. The van der Waals surface area contributed by atoms with Gasteiger partial charge in [0.05, 0.1) is 20.0 Å². The van der Waals surface area contributed by atoms with Crippen molar-refractivity contribution in [1.82, 2.24) is 5.32 Å². The molecule has 1 aliphatic rings. The zero-order chi connectivity index (χ0) is 14.8. The van der Waals surface area contributed by atoms with Gasteiger partial charge in [-0.15, -0.1) is 0 Å². The molecule has 110 valence electrons. The summed E-state index contributed by atoms with van der Waals surface area (Å²) in [6.07, 6.45) is 1.67. The molecule has 1 atom stereocenters. The highest BCUT2D eigenvalue weighted by molar-refractivity contribution is 9.10. The SMILES string of the molecule is COc1cc(Br)c(CNC2C=CS(=O)(=O)C2)cc1OC. The second kappa shape index (κ2) is 6.15. The van der Waals surface area contributed by atoms with Crippen molar-refractivity contribution in [2.24, 2.45) is 0 Å². The Kier molecular flexibility index (Phi) is 4.72. The van der Waals surface area contributed by atoms with Gasteiger partial charge in [-0.05, 0) is 17.7 Å². The fourth-order valence-electron chi connectivity index (χ4n) is 1.98. The maximum absolute atomic E-state index is 11.3. The third-order valence-corrected chi connectivity index (χ3v) is 5.17. The standard InChI is InChI=1S/C13H16BrNO4S/c1-18-12-5-9(11(14)6-13(12)19-2)7-15-10-3-4-20(16,17)8-10/h3-6,10,15H,7-8H2,1-2H3. The van der Waals surface area contributed by atoms with E-state index in [1.165, 1.54) is 5.41 Å². The Morgan fingerprint density at radius 1 is 1.30 bits per heavy atom. The predicted molar refractivity (Wildman–Crippen MR) is 80.8 cm³/mol. The van der Waals surface area contributed by atoms with Crippen LogP contribution in [0.5, 0.6) is 11.5 Å². The molecule has 5 nitrogen and oxygen atoms in total. The highest BCUT2D eigenvalue weighted by Gasteiger charge is 2.21. The van der Waals surface area contributed by atoms with Crippen LogP contribution in [0.25, 0.3) is 0 Å². The smallest absolute Gasteiger partial charge is 0.173 e. The van der Waals surface area contributed by atoms with Crippen LogP contribution < -0.4 is 14.8 Å². The minimum Gasteiger partial charge on any atom is -0.493 e. The minimum atomic E-state index is -3.03. The van der Waals surface area contributed by atoms with Gasteiger partial charge in [0, 0.05) is 22.5 Å². The molecule has 0 spiro atoms. The molecule has 7 heteroatoms. The molecule has 0 aromatic heterocycles. The number of hydrogen-bond acceptors (Lipinski definition) is 5. The Morgan fingerprint density at radius 2 is 1.95 bits per heavy atom. The maximum atomic E-state index is 11.3. The number of nitrogens with one attached hydrogen (secondary N) is 1. The van der Waals surface area contributed by atoms with Gasteiger partial charge in [-0.25, -0.2) is 8.42 Å². The van der Waals surface area contributed by atoms with E-state index in [1.807, 2.05) is 12.1 Å². The average Bonchev–Trinajstić information content (AvgIpc) is 2.76. The topological polar surface area (TPSA) is 64.6 Å². The minimum absolute atomic E-state index is 0.109. The maximum Gasteiger partial charge on any atom is 0.173 e. The summed E-state index contributed by atoms with van der Waals surface area (Å²) in [6.45, 7) is 0.533. The lowest BCUT2D eigenvalue weighted by atomic mass is 10.2. The van der Waals surface area contributed by atoms with E-state index >= 15 is 0 Å². The number of benzene rings is 1. The molecule has 1 unspecified atom stereocenters. The van der Waals surface area contributed by atoms with Crippen LogP contribution in [0.4, 0.5) is 0 Å². The van der Waals surface area contributed by atoms with Crippen molar-refractivity contribution >= 4 is 25.8 Å². The highest BCUT2D eigenvalue weighted by atomic mass is 79.9. The van der Waals surface area contributed by atoms with Crippen molar-refractivity contribution in [3.05, 3.63) is 33.7 Å². The number of halogens is 1. The molecular formula is C13H16BrNO4S. The van der Waals surface area contributed by atoms with Gasteiger partial charge < -0.3 is 14.8 Å². The van der Waals surface area contributed by atoms with Crippen LogP contribution in [-0.4, -0.2) is 34.4 Å². The molecule has 0 saturated heterocycles. The van der Waals surface area contributed by atoms with Crippen molar-refractivity contribution in [2.45, 2.75) is 12.6 Å². The summed E-state index contributed by atoms with van der Waals surface area (Å²) in [5, 5.41) is 4.45. The van der Waals surface area contributed by atoms with Gasteiger partial charge in [0.25, 0.3) is 0 Å². The molecule has 0 saturated carbocycles. The van der Waals surface area contributed by atoms with Crippen LogP contribution in [0.1, 0.15) is 5.56 Å². The molecule has 1 heterocycles. The molecule has 1 aromatic carbocycles. The van der Waals surface area contributed by atoms with Crippen LogP contribution in [0, 0.1) is 0 Å². The molecule has 0 aliphatic carbocycles. The van der Waals surface area contributed by atoms with Crippen LogP contribution in [0.3, 0.4) is 0 Å². The van der Waals surface area contributed by atoms with Crippen molar-refractivity contribution in [3.63, 3.8) is 0 Å². The summed E-state index contributed by atoms with van der Waals surface area (Å²) in [4.78, 5) is 0. The number of methoxy groups -OCH3 is 2. The predicted octanol–water partition coefficient (Wildman–Crippen LogP) is 1.87. The fraction of sp³-hybridized carbons (Fsp3) is 0.385. The Hall–Kier alpha value is -1.05. The summed E-state index contributed by atoms with van der Waals surface area (Å²) in [5.74, 6) is 1.39. The highest BCUT2D eigenvalue weighted by Crippen LogP contribution is 2.33. The zero-order valence-electron chi connectivity index (χ0n) is 11.2. The second-order valence-electron chi connectivity index (χ2n) is 4.44. The molecule has 20 heavy (non-hydrogen) atoms. The molecule has 1 aromatic rings. The molecule has 0 radical (unpaired) electrons. The van der Waals surface area contributed by atoms with Gasteiger partial charge >= 0.3 is 0 Å². The lowest BCUT2D eigenvalue weighted by molar-refractivity contribution is 0.354. The van der Waals surface area contributed by atoms with Gasteiger partial charge in [-0.1, -0.05) is 22.0 Å². The summed E-state index contributed by atoms with van der Waals surface area (Å²) in [6, 6.07) is 3.54. The van der Waals surface area contributed by atoms with Crippen LogP contribution in [-0.2, 0) is 16.4 Å². The summed E-state index contributed by atoms with van der Waals surface area (Å²) < 4.78 is 34.0. The van der Waals surface area contributed by atoms with E-state index in [0.29, 0.717) is 18.0 Å². The van der Waals surface area contributed by atoms with E-state index < -0.39 is 9.84 Å². The third-order valence-electron chi connectivity index (χ3n) is 3.04. The molecular weight excluding hydrogens is 346 g/mol. The van der Waals surface area contributed by atoms with Gasteiger partial charge in [-0.2, -0.15) is 0 Å². The van der Waals surface area contributed by atoms with E-state index in [-0.39, 0.29) is 11.8 Å². The van der Waals surface area contributed by atoms with E-state index in [1.54, 1.807) is 20.3 Å². The van der Waals surface area contributed by atoms with Gasteiger partial charge in [-0.3, -0.25) is 0 Å². The summed E-state index contributed by atoms with van der Waals surface area (Å²) >= 11 is 3.47. The van der Waals surface area contributed by atoms with E-state index in [0.717, 1.165) is 10.0 Å². The van der Waals surface area contributed by atoms with Crippen molar-refractivity contribution in [2.75, 3.05) is 20.0 Å². The lowest BCUT2D eigenvalue weighted by Gasteiger charge is -2.14. The van der Waals surface area contributed by atoms with Crippen molar-refractivity contribution in [1.29, 1.82) is 0 Å². The van der Waals surface area contributed by atoms with Gasteiger partial charge in [0.2, 0.25) is 0 Å². The molecule has 0 amide bonds. The largest absolute Gasteiger partial charge is 0.493 e. The number of rotatable bonds is 5. The quantitative estimate of drug-likeness (QED) is 0.867. The average molecular weight is 362 g/mol. The molecule has 1 N–H and O–H groups in total. The van der Waals surface area contributed by atoms with Crippen molar-refractivity contribution < 1.29 is 17.9 Å². The molecule has 1 aliphatic heterocycles. The monoisotopic (exact) mass is 361 g/mol. The summed E-state index contributed by atoms with van der Waals surface area (Å²) in [5.41, 5.74) is 0.973. The Labute approximate surface area is 127 Å². The first-order valence-corrected chi connectivity index (χ1v) is 8.51.